The van der Waals surface area contributed by atoms with Crippen LogP contribution >= 0.6 is 0 Å². The van der Waals surface area contributed by atoms with Crippen molar-refractivity contribution in [1.82, 2.24) is 0 Å². The lowest BCUT2D eigenvalue weighted by atomic mass is 9.46. The van der Waals surface area contributed by atoms with Crippen molar-refractivity contribution in [3.05, 3.63) is 24.3 Å². The van der Waals surface area contributed by atoms with Crippen LogP contribution in [0.2, 0.25) is 0 Å². The highest BCUT2D eigenvalue weighted by Gasteiger charge is 2.53. The van der Waals surface area contributed by atoms with Gasteiger partial charge in [-0.25, -0.2) is 0 Å². The molecule has 4 unspecified atom stereocenters. The average molecular weight is 274 g/mol. The third-order valence-electron chi connectivity index (χ3n) is 6.74. The molecule has 2 aliphatic carbocycles. The van der Waals surface area contributed by atoms with Gasteiger partial charge in [-0.1, -0.05) is 64.8 Å². The molecule has 0 heterocycles. The van der Waals surface area contributed by atoms with Gasteiger partial charge in [0.2, 0.25) is 0 Å². The van der Waals surface area contributed by atoms with Gasteiger partial charge in [-0.15, -0.1) is 0 Å². The Morgan fingerprint density at radius 2 is 1.90 bits per heavy atom. The molecule has 0 saturated heterocycles. The fourth-order valence-corrected chi connectivity index (χ4v) is 5.51. The van der Waals surface area contributed by atoms with Crippen LogP contribution in [0.5, 0.6) is 0 Å². The molecule has 0 aromatic carbocycles. The van der Waals surface area contributed by atoms with Crippen molar-refractivity contribution in [1.29, 1.82) is 0 Å². The normalized spacial score (nSPS) is 41.0. The van der Waals surface area contributed by atoms with Crippen LogP contribution in [-0.4, -0.2) is 0 Å². The van der Waals surface area contributed by atoms with Crippen molar-refractivity contribution in [3.63, 3.8) is 0 Å². The summed E-state index contributed by atoms with van der Waals surface area (Å²) in [6, 6.07) is 0. The molecular weight excluding hydrogens is 240 g/mol. The van der Waals surface area contributed by atoms with E-state index >= 15 is 0 Å². The molecule has 0 radical (unpaired) electrons. The summed E-state index contributed by atoms with van der Waals surface area (Å²) < 4.78 is 0. The highest BCUT2D eigenvalue weighted by atomic mass is 14.6. The van der Waals surface area contributed by atoms with Gasteiger partial charge < -0.3 is 0 Å². The van der Waals surface area contributed by atoms with Crippen molar-refractivity contribution >= 4 is 0 Å². The van der Waals surface area contributed by atoms with E-state index in [-0.39, 0.29) is 0 Å². The molecule has 0 amide bonds. The second-order valence-corrected chi connectivity index (χ2v) is 8.45. The minimum Gasteiger partial charge on any atom is -0.0988 e. The molecule has 2 aliphatic rings. The molecule has 0 heteroatoms. The van der Waals surface area contributed by atoms with Gasteiger partial charge in [0, 0.05) is 0 Å². The van der Waals surface area contributed by atoms with Crippen LogP contribution in [0.4, 0.5) is 0 Å². The highest BCUT2D eigenvalue weighted by Crippen LogP contribution is 2.61. The monoisotopic (exact) mass is 274 g/mol. The van der Waals surface area contributed by atoms with E-state index in [2.05, 4.69) is 47.3 Å². The number of hydrogen-bond donors (Lipinski definition) is 0. The lowest BCUT2D eigenvalue weighted by Crippen LogP contribution is -2.51. The maximum atomic E-state index is 3.90. The average Bonchev–Trinajstić information content (AvgIpc) is 2.36. The zero-order valence-electron chi connectivity index (χ0n) is 14.3. The summed E-state index contributed by atoms with van der Waals surface area (Å²) in [6.45, 7) is 16.2. The molecule has 2 saturated carbocycles. The second kappa shape index (κ2) is 5.70. The van der Waals surface area contributed by atoms with Crippen molar-refractivity contribution in [2.75, 3.05) is 0 Å². The van der Waals surface area contributed by atoms with E-state index in [4.69, 9.17) is 0 Å². The minimum absolute atomic E-state index is 0.544. The Balaban J connectivity index is 2.26. The number of allylic oxidation sites excluding steroid dienone is 3. The summed E-state index contributed by atoms with van der Waals surface area (Å²) in [5.41, 5.74) is 2.44. The molecule has 0 N–H and O–H groups in total. The molecule has 20 heavy (non-hydrogen) atoms. The van der Waals surface area contributed by atoms with Crippen LogP contribution in [0.15, 0.2) is 24.3 Å². The van der Waals surface area contributed by atoms with Gasteiger partial charge in [-0.05, 0) is 61.2 Å². The van der Waals surface area contributed by atoms with E-state index in [1.54, 1.807) is 0 Å². The van der Waals surface area contributed by atoms with Crippen LogP contribution in [0.1, 0.15) is 73.1 Å². The van der Waals surface area contributed by atoms with Gasteiger partial charge in [-0.2, -0.15) is 0 Å². The third-order valence-corrected chi connectivity index (χ3v) is 6.74. The molecule has 114 valence electrons. The molecule has 2 fully saturated rings. The van der Waals surface area contributed by atoms with Gasteiger partial charge in [0.15, 0.2) is 0 Å². The smallest absolute Gasteiger partial charge is 0.0259 e. The van der Waals surface area contributed by atoms with Crippen molar-refractivity contribution in [2.45, 2.75) is 73.1 Å². The lowest BCUT2D eigenvalue weighted by molar-refractivity contribution is -0.0922. The summed E-state index contributed by atoms with van der Waals surface area (Å²) in [4.78, 5) is 0. The highest BCUT2D eigenvalue weighted by molar-refractivity contribution is 5.14. The van der Waals surface area contributed by atoms with Gasteiger partial charge in [0.1, 0.15) is 0 Å². The van der Waals surface area contributed by atoms with E-state index < -0.39 is 0 Å². The summed E-state index contributed by atoms with van der Waals surface area (Å²) >= 11 is 0. The maximum absolute atomic E-state index is 3.90. The van der Waals surface area contributed by atoms with Crippen LogP contribution in [-0.2, 0) is 0 Å². The minimum atomic E-state index is 0.544. The van der Waals surface area contributed by atoms with E-state index in [1.165, 1.54) is 44.1 Å². The molecule has 0 bridgehead atoms. The Labute approximate surface area is 126 Å². The van der Waals surface area contributed by atoms with E-state index in [9.17, 15) is 0 Å². The summed E-state index contributed by atoms with van der Waals surface area (Å²) in [5, 5.41) is 0. The van der Waals surface area contributed by atoms with Crippen molar-refractivity contribution in [2.24, 2.45) is 28.6 Å². The van der Waals surface area contributed by atoms with Gasteiger partial charge >= 0.3 is 0 Å². The SMILES string of the molecule is C=C/C(C)=C\CC1C(C)CCC2C(C)(C)CCCC12C. The molecule has 0 nitrogen and oxygen atoms in total. The van der Waals surface area contributed by atoms with Gasteiger partial charge in [0.25, 0.3) is 0 Å². The summed E-state index contributed by atoms with van der Waals surface area (Å²) in [6.07, 6.45) is 12.9. The first-order valence-electron chi connectivity index (χ1n) is 8.60. The standard InChI is InChI=1S/C20H34/c1-7-15(2)9-11-17-16(3)10-12-18-19(4,5)13-8-14-20(17,18)6/h7,9,16-18H,1,8,10-14H2,2-6H3/b15-9-. The molecular formula is C20H34. The summed E-state index contributed by atoms with van der Waals surface area (Å²) in [7, 11) is 0. The maximum Gasteiger partial charge on any atom is -0.0259 e. The first-order chi connectivity index (χ1) is 9.31. The molecule has 0 aromatic rings. The van der Waals surface area contributed by atoms with E-state index in [0.29, 0.717) is 10.8 Å². The van der Waals surface area contributed by atoms with Crippen LogP contribution in [0.25, 0.3) is 0 Å². The number of rotatable bonds is 3. The van der Waals surface area contributed by atoms with Gasteiger partial charge in [0.05, 0.1) is 0 Å². The largest absolute Gasteiger partial charge is 0.0988 e. The number of fused-ring (bicyclic) bond motifs is 1. The molecule has 4 atom stereocenters. The molecule has 0 spiro atoms. The molecule has 0 aromatic heterocycles. The second-order valence-electron chi connectivity index (χ2n) is 8.45. The first kappa shape index (κ1) is 15.9. The quantitative estimate of drug-likeness (QED) is 0.523. The van der Waals surface area contributed by atoms with E-state index in [0.717, 1.165) is 17.8 Å². The van der Waals surface area contributed by atoms with Crippen molar-refractivity contribution in [3.8, 4) is 0 Å². The fraction of sp³-hybridized carbons (Fsp3) is 0.800. The topological polar surface area (TPSA) is 0 Å². The zero-order valence-corrected chi connectivity index (χ0v) is 14.3. The molecule has 0 aliphatic heterocycles. The van der Waals surface area contributed by atoms with Gasteiger partial charge in [-0.3, -0.25) is 0 Å². The Bertz CT molecular complexity index is 387. The molecule has 2 rings (SSSR count). The Kier molecular flexibility index (Phi) is 4.52. The first-order valence-corrected chi connectivity index (χ1v) is 8.60. The van der Waals surface area contributed by atoms with E-state index in [1.807, 2.05) is 6.08 Å². The Morgan fingerprint density at radius 1 is 1.20 bits per heavy atom. The Hall–Kier alpha value is -0.520. The predicted octanol–water partition coefficient (Wildman–Crippen LogP) is 6.39. The van der Waals surface area contributed by atoms with Crippen LogP contribution in [0, 0.1) is 28.6 Å². The van der Waals surface area contributed by atoms with Crippen LogP contribution in [0.3, 0.4) is 0 Å². The predicted molar refractivity (Wildman–Crippen MR) is 89.7 cm³/mol. The number of hydrogen-bond acceptors (Lipinski definition) is 0. The zero-order chi connectivity index (χ0) is 15.0. The van der Waals surface area contributed by atoms with Crippen molar-refractivity contribution < 1.29 is 0 Å². The summed E-state index contributed by atoms with van der Waals surface area (Å²) in [5.74, 6) is 2.65. The Morgan fingerprint density at radius 3 is 2.55 bits per heavy atom. The lowest BCUT2D eigenvalue weighted by Gasteiger charge is -2.59. The van der Waals surface area contributed by atoms with Crippen LogP contribution < -0.4 is 0 Å². The fourth-order valence-electron chi connectivity index (χ4n) is 5.51. The third kappa shape index (κ3) is 2.76.